The molecule has 10 heteroatoms. The van der Waals surface area contributed by atoms with Crippen molar-refractivity contribution in [3.63, 3.8) is 0 Å². The maximum absolute atomic E-state index is 12.4. The van der Waals surface area contributed by atoms with Gasteiger partial charge in [-0.05, 0) is 13.8 Å². The van der Waals surface area contributed by atoms with Crippen LogP contribution < -0.4 is 40.4 Å². The van der Waals surface area contributed by atoms with Crippen molar-refractivity contribution in [3.05, 3.63) is 0 Å². The van der Waals surface area contributed by atoms with Crippen LogP contribution in [-0.2, 0) is 24.2 Å². The molecule has 0 aromatic carbocycles. The summed E-state index contributed by atoms with van der Waals surface area (Å²) in [4.78, 5) is 23.9. The molecule has 0 aliphatic carbocycles. The molecule has 1 unspecified atom stereocenters. The molecule has 0 radical (unpaired) electrons. The number of hydrogen-bond donors (Lipinski definition) is 1. The van der Waals surface area contributed by atoms with Gasteiger partial charge in [-0.3, -0.25) is 4.79 Å². The van der Waals surface area contributed by atoms with Gasteiger partial charge in [-0.15, -0.1) is 0 Å². The first-order chi connectivity index (χ1) is 8.59. The van der Waals surface area contributed by atoms with E-state index in [-0.39, 0.29) is 29.6 Å². The van der Waals surface area contributed by atoms with Crippen LogP contribution in [0.4, 0.5) is 0 Å². The maximum atomic E-state index is 12.4. The summed E-state index contributed by atoms with van der Waals surface area (Å²) in [5.74, 6) is -3.30. The Balaban J connectivity index is 0.00000200. The summed E-state index contributed by atoms with van der Waals surface area (Å²) < 4.78 is 27.9. The molecule has 8 nitrogen and oxygen atoms in total. The molecule has 2 aliphatic heterocycles. The molecule has 0 bridgehead atoms. The van der Waals surface area contributed by atoms with Crippen LogP contribution in [0.25, 0.3) is 0 Å². The number of fused-ring (bicyclic) bond motifs is 1. The summed E-state index contributed by atoms with van der Waals surface area (Å²) in [6.07, 6.45) is -1.08. The summed E-state index contributed by atoms with van der Waals surface area (Å²) >= 11 is 0. The summed E-state index contributed by atoms with van der Waals surface area (Å²) in [7, 11) is -2.62. The third-order valence-electron chi connectivity index (χ3n) is 3.96. The first-order valence-electron chi connectivity index (χ1n) is 5.64. The molecule has 2 N–H and O–H groups in total. The zero-order chi connectivity index (χ0) is 14.7. The molecule has 1 amide bonds. The van der Waals surface area contributed by atoms with Gasteiger partial charge in [0.15, 0.2) is 15.2 Å². The van der Waals surface area contributed by atoms with Gasteiger partial charge in [0.1, 0.15) is 12.1 Å². The normalized spacial score (nSPS) is 34.7. The number of carboxylic acid groups (broad SMARTS) is 1. The van der Waals surface area contributed by atoms with Gasteiger partial charge in [0.2, 0.25) is 5.91 Å². The topological polar surface area (TPSA) is 130 Å². The number of β-lactam (4-membered cyclic amide) rings is 1. The van der Waals surface area contributed by atoms with Gasteiger partial charge in [0, 0.05) is 7.11 Å². The van der Waals surface area contributed by atoms with E-state index in [1.165, 1.54) is 21.0 Å². The average molecular weight is 314 g/mol. The number of carbonyl (C=O) groups is 2. The van der Waals surface area contributed by atoms with Gasteiger partial charge >= 0.3 is 29.6 Å². The van der Waals surface area contributed by atoms with E-state index in [0.29, 0.717) is 0 Å². The number of amides is 1. The smallest absolute Gasteiger partial charge is 0.548 e. The van der Waals surface area contributed by atoms with E-state index in [9.17, 15) is 23.1 Å². The molecule has 2 aliphatic rings. The minimum atomic E-state index is -3.87. The van der Waals surface area contributed by atoms with Crippen molar-refractivity contribution in [2.75, 3.05) is 7.11 Å². The van der Waals surface area contributed by atoms with Gasteiger partial charge in [0.25, 0.3) is 0 Å². The number of carboxylic acids is 1. The Morgan fingerprint density at radius 3 is 2.40 bits per heavy atom. The van der Waals surface area contributed by atoms with Crippen LogP contribution in [0.1, 0.15) is 13.8 Å². The van der Waals surface area contributed by atoms with E-state index in [4.69, 9.17) is 10.5 Å². The number of hydrogen-bond acceptors (Lipinski definition) is 7. The standard InChI is InChI=1S/C10H16N2O6S.Na/c1-10(2)5(9(14)15)12-7(13)4(6(11)18-3)8(12)19(10,16)17;/h4-6,8H,11H2,1-3H3,(H,14,15);/q;+1/p-1/t4-,5+,6?,8-;/m1./s1. The van der Waals surface area contributed by atoms with Gasteiger partial charge in [-0.25, -0.2) is 8.42 Å². The fraction of sp³-hybridized carbons (Fsp3) is 0.800. The van der Waals surface area contributed by atoms with Crippen LogP contribution >= 0.6 is 0 Å². The second kappa shape index (κ2) is 5.22. The molecule has 0 saturated carbocycles. The molecule has 108 valence electrons. The quantitative estimate of drug-likeness (QED) is 0.312. The number of methoxy groups -OCH3 is 1. The number of nitrogens with zero attached hydrogens (tertiary/aromatic N) is 1. The molecule has 0 aromatic heterocycles. The van der Waals surface area contributed by atoms with Crippen LogP contribution in [0.2, 0.25) is 0 Å². The third-order valence-corrected chi connectivity index (χ3v) is 6.80. The number of nitrogens with two attached hydrogens (primary N) is 1. The minimum Gasteiger partial charge on any atom is -0.548 e. The van der Waals surface area contributed by atoms with E-state index in [0.717, 1.165) is 4.90 Å². The van der Waals surface area contributed by atoms with Crippen LogP contribution in [0.15, 0.2) is 0 Å². The largest absolute Gasteiger partial charge is 1.00 e. The summed E-state index contributed by atoms with van der Waals surface area (Å²) in [5.41, 5.74) is 5.56. The predicted octanol–water partition coefficient (Wildman–Crippen LogP) is -5.97. The molecule has 0 aromatic rings. The fourth-order valence-electron chi connectivity index (χ4n) is 2.78. The van der Waals surface area contributed by atoms with E-state index in [2.05, 4.69) is 0 Å². The Morgan fingerprint density at radius 2 is 2.00 bits per heavy atom. The maximum Gasteiger partial charge on any atom is 1.00 e. The zero-order valence-corrected chi connectivity index (χ0v) is 14.5. The Labute approximate surface area is 138 Å². The Bertz CT molecular complexity index is 548. The molecule has 2 fully saturated rings. The Hall–Kier alpha value is -0.190. The van der Waals surface area contributed by atoms with Crippen molar-refractivity contribution in [1.82, 2.24) is 4.90 Å². The van der Waals surface area contributed by atoms with E-state index in [1.54, 1.807) is 0 Å². The SMILES string of the molecule is COC(N)[C@@H]1C(=O)N2[C@@H](C(=O)[O-])C(C)(C)S(=O)(=O)[C@H]12.[Na+]. The average Bonchev–Trinajstić information content (AvgIpc) is 2.43. The monoisotopic (exact) mass is 314 g/mol. The van der Waals surface area contributed by atoms with Gasteiger partial charge in [0.05, 0.1) is 16.8 Å². The Morgan fingerprint density at radius 1 is 1.50 bits per heavy atom. The molecular formula is C10H15N2NaO6S. The minimum absolute atomic E-state index is 0. The second-order valence-electron chi connectivity index (χ2n) is 5.23. The molecule has 20 heavy (non-hydrogen) atoms. The molecule has 4 atom stereocenters. The first-order valence-corrected chi connectivity index (χ1v) is 7.18. The van der Waals surface area contributed by atoms with E-state index < -0.39 is 50.0 Å². The summed E-state index contributed by atoms with van der Waals surface area (Å²) in [5, 5.41) is 9.90. The first kappa shape index (κ1) is 17.9. The predicted molar refractivity (Wildman–Crippen MR) is 60.9 cm³/mol. The number of aliphatic carboxylic acids is 1. The summed E-state index contributed by atoms with van der Waals surface area (Å²) in [6.45, 7) is 2.54. The van der Waals surface area contributed by atoms with Crippen LogP contribution in [0.3, 0.4) is 0 Å². The molecule has 0 spiro atoms. The number of sulfone groups is 1. The third kappa shape index (κ3) is 1.95. The molecule has 2 rings (SSSR count). The van der Waals surface area contributed by atoms with E-state index >= 15 is 0 Å². The van der Waals surface area contributed by atoms with Gasteiger partial charge < -0.3 is 25.3 Å². The van der Waals surface area contributed by atoms with Crippen molar-refractivity contribution in [2.24, 2.45) is 11.7 Å². The second-order valence-corrected chi connectivity index (χ2v) is 7.86. The number of ether oxygens (including phenoxy) is 1. The van der Waals surface area contributed by atoms with Crippen molar-refractivity contribution < 1.29 is 57.4 Å². The van der Waals surface area contributed by atoms with Crippen LogP contribution in [0, 0.1) is 5.92 Å². The molecular weight excluding hydrogens is 299 g/mol. The van der Waals surface area contributed by atoms with Gasteiger partial charge in [-0.2, -0.15) is 0 Å². The van der Waals surface area contributed by atoms with Crippen LogP contribution in [0.5, 0.6) is 0 Å². The van der Waals surface area contributed by atoms with Crippen molar-refractivity contribution >= 4 is 21.7 Å². The van der Waals surface area contributed by atoms with Crippen LogP contribution in [-0.4, -0.2) is 54.7 Å². The van der Waals surface area contributed by atoms with Crippen molar-refractivity contribution in [1.29, 1.82) is 0 Å². The van der Waals surface area contributed by atoms with Gasteiger partial charge in [-0.1, -0.05) is 0 Å². The Kier molecular flexibility index (Phi) is 4.66. The molecule has 2 saturated heterocycles. The zero-order valence-electron chi connectivity index (χ0n) is 11.7. The fourth-order valence-corrected chi connectivity index (χ4v) is 5.10. The van der Waals surface area contributed by atoms with E-state index in [1.807, 2.05) is 0 Å². The number of rotatable bonds is 3. The van der Waals surface area contributed by atoms with Crippen molar-refractivity contribution in [3.8, 4) is 0 Å². The van der Waals surface area contributed by atoms with Crippen molar-refractivity contribution in [2.45, 2.75) is 36.2 Å². The molecule has 2 heterocycles. The number of carbonyl (C=O) groups excluding carboxylic acids is 2. The summed E-state index contributed by atoms with van der Waals surface area (Å²) in [6, 6.07) is -1.50.